The fourth-order valence-electron chi connectivity index (χ4n) is 3.26. The minimum absolute atomic E-state index is 0. The van der Waals surface area contributed by atoms with Crippen LogP contribution in [0.2, 0.25) is 0 Å². The maximum atomic E-state index is 13.3. The highest BCUT2D eigenvalue weighted by Gasteiger charge is 2.20. The van der Waals surface area contributed by atoms with Gasteiger partial charge in [-0.2, -0.15) is 0 Å². The predicted octanol–water partition coefficient (Wildman–Crippen LogP) is 5.17. The Morgan fingerprint density at radius 3 is 2.41 bits per heavy atom. The first-order valence-electron chi connectivity index (χ1n) is 9.72. The van der Waals surface area contributed by atoms with Crippen LogP contribution >= 0.6 is 23.7 Å². The van der Waals surface area contributed by atoms with Gasteiger partial charge in [-0.3, -0.25) is 9.69 Å². The van der Waals surface area contributed by atoms with Crippen LogP contribution in [-0.4, -0.2) is 43.0 Å². The summed E-state index contributed by atoms with van der Waals surface area (Å²) >= 11 is 1.60. The van der Waals surface area contributed by atoms with E-state index in [0.29, 0.717) is 13.0 Å². The normalized spacial score (nSPS) is 11.0. The second kappa shape index (κ2) is 10.2. The number of hydrogen-bond donors (Lipinski definition) is 0. The average Bonchev–Trinajstić information content (AvgIpc) is 3.04. The third-order valence-electron chi connectivity index (χ3n) is 4.90. The van der Waals surface area contributed by atoms with Gasteiger partial charge in [-0.25, -0.2) is 4.98 Å². The number of amides is 1. The molecule has 2 aromatic carbocycles. The third kappa shape index (κ3) is 6.01. The Labute approximate surface area is 184 Å². The Morgan fingerprint density at radius 2 is 1.69 bits per heavy atom. The maximum absolute atomic E-state index is 13.3. The maximum Gasteiger partial charge on any atom is 0.233 e. The van der Waals surface area contributed by atoms with Crippen molar-refractivity contribution in [3.8, 4) is 0 Å². The summed E-state index contributed by atoms with van der Waals surface area (Å²) in [5.41, 5.74) is 5.61. The number of rotatable bonds is 7. The Hall–Kier alpha value is -1.95. The largest absolute Gasteiger partial charge is 0.309 e. The van der Waals surface area contributed by atoms with Crippen LogP contribution in [0.1, 0.15) is 28.7 Å². The molecule has 0 aliphatic carbocycles. The standard InChI is InChI=1S/C23H29N3OS.ClH/c1-16-7-9-18(3)19(13-16)15-22(27)26(12-6-11-25(4)5)23-24-20-10-8-17(2)14-21(20)28-23;/h7-10,13-14H,6,11-12,15H2,1-5H3;1H. The molecule has 0 spiro atoms. The van der Waals surface area contributed by atoms with Gasteiger partial charge in [0, 0.05) is 6.54 Å². The smallest absolute Gasteiger partial charge is 0.233 e. The van der Waals surface area contributed by atoms with E-state index < -0.39 is 0 Å². The molecule has 0 saturated carbocycles. The fourth-order valence-corrected chi connectivity index (χ4v) is 4.36. The molecule has 6 heteroatoms. The van der Waals surface area contributed by atoms with Crippen molar-refractivity contribution in [3.63, 3.8) is 0 Å². The summed E-state index contributed by atoms with van der Waals surface area (Å²) in [5.74, 6) is 0.114. The molecule has 0 N–H and O–H groups in total. The summed E-state index contributed by atoms with van der Waals surface area (Å²) < 4.78 is 1.13. The number of hydrogen-bond acceptors (Lipinski definition) is 4. The monoisotopic (exact) mass is 431 g/mol. The lowest BCUT2D eigenvalue weighted by Crippen LogP contribution is -2.34. The molecular formula is C23H30ClN3OS. The molecule has 0 bridgehead atoms. The molecule has 0 unspecified atom stereocenters. The molecule has 0 saturated heterocycles. The number of carbonyl (C=O) groups excluding carboxylic acids is 1. The number of nitrogens with zero attached hydrogens (tertiary/aromatic N) is 3. The van der Waals surface area contributed by atoms with Gasteiger partial charge in [0.25, 0.3) is 0 Å². The number of fused-ring (bicyclic) bond motifs is 1. The van der Waals surface area contributed by atoms with E-state index in [4.69, 9.17) is 4.98 Å². The van der Waals surface area contributed by atoms with Gasteiger partial charge in [-0.1, -0.05) is 41.2 Å². The first-order chi connectivity index (χ1) is 13.3. The van der Waals surface area contributed by atoms with Crippen LogP contribution in [0.4, 0.5) is 5.13 Å². The fraction of sp³-hybridized carbons (Fsp3) is 0.391. The lowest BCUT2D eigenvalue weighted by atomic mass is 10.0. The lowest BCUT2D eigenvalue weighted by molar-refractivity contribution is -0.118. The van der Waals surface area contributed by atoms with Gasteiger partial charge in [0.05, 0.1) is 16.6 Å². The van der Waals surface area contributed by atoms with Crippen LogP contribution in [0, 0.1) is 20.8 Å². The lowest BCUT2D eigenvalue weighted by Gasteiger charge is -2.21. The summed E-state index contributed by atoms with van der Waals surface area (Å²) in [6.07, 6.45) is 1.32. The Morgan fingerprint density at radius 1 is 1.00 bits per heavy atom. The van der Waals surface area contributed by atoms with Gasteiger partial charge in [0.2, 0.25) is 5.91 Å². The molecule has 3 aromatic rings. The predicted molar refractivity (Wildman–Crippen MR) is 127 cm³/mol. The third-order valence-corrected chi connectivity index (χ3v) is 5.94. The van der Waals surface area contributed by atoms with Crippen LogP contribution in [0.3, 0.4) is 0 Å². The van der Waals surface area contributed by atoms with Gasteiger partial charge in [0.15, 0.2) is 5.13 Å². The molecular weight excluding hydrogens is 402 g/mol. The molecule has 0 fully saturated rings. The highest BCUT2D eigenvalue weighted by Crippen LogP contribution is 2.30. The first-order valence-corrected chi connectivity index (χ1v) is 10.5. The van der Waals surface area contributed by atoms with Crippen molar-refractivity contribution >= 4 is 45.0 Å². The summed E-state index contributed by atoms with van der Waals surface area (Å²) in [6.45, 7) is 7.84. The highest BCUT2D eigenvalue weighted by molar-refractivity contribution is 7.22. The number of aromatic nitrogens is 1. The van der Waals surface area contributed by atoms with Crippen molar-refractivity contribution in [1.82, 2.24) is 9.88 Å². The molecule has 0 aliphatic heterocycles. The van der Waals surface area contributed by atoms with Crippen molar-refractivity contribution in [3.05, 3.63) is 58.7 Å². The zero-order valence-corrected chi connectivity index (χ0v) is 19.5. The molecule has 1 heterocycles. The van der Waals surface area contributed by atoms with Gasteiger partial charge in [-0.15, -0.1) is 12.4 Å². The van der Waals surface area contributed by atoms with Crippen LogP contribution in [0.25, 0.3) is 10.2 Å². The number of benzene rings is 2. The van der Waals surface area contributed by atoms with Crippen molar-refractivity contribution in [2.45, 2.75) is 33.6 Å². The number of aryl methyl sites for hydroxylation is 3. The molecule has 3 rings (SSSR count). The van der Waals surface area contributed by atoms with Gasteiger partial charge in [-0.05, 0) is 76.7 Å². The molecule has 0 aliphatic rings. The first kappa shape index (κ1) is 23.3. The molecule has 156 valence electrons. The summed E-state index contributed by atoms with van der Waals surface area (Å²) in [4.78, 5) is 22.1. The van der Waals surface area contributed by atoms with E-state index >= 15 is 0 Å². The summed E-state index contributed by atoms with van der Waals surface area (Å²) in [7, 11) is 4.12. The van der Waals surface area contributed by atoms with E-state index in [2.05, 4.69) is 70.1 Å². The van der Waals surface area contributed by atoms with Crippen molar-refractivity contribution in [2.75, 3.05) is 32.1 Å². The molecule has 1 aromatic heterocycles. The summed E-state index contributed by atoms with van der Waals surface area (Å²) in [6, 6.07) is 12.6. The second-order valence-corrected chi connectivity index (χ2v) is 8.79. The van der Waals surface area contributed by atoms with Crippen LogP contribution in [0.5, 0.6) is 0 Å². The van der Waals surface area contributed by atoms with Crippen molar-refractivity contribution in [2.24, 2.45) is 0 Å². The van der Waals surface area contributed by atoms with E-state index in [1.165, 1.54) is 11.1 Å². The van der Waals surface area contributed by atoms with E-state index in [1.54, 1.807) is 11.3 Å². The zero-order chi connectivity index (χ0) is 20.3. The van der Waals surface area contributed by atoms with Gasteiger partial charge < -0.3 is 4.90 Å². The molecule has 4 nitrogen and oxygen atoms in total. The average molecular weight is 432 g/mol. The summed E-state index contributed by atoms with van der Waals surface area (Å²) in [5, 5.41) is 0.801. The number of halogens is 1. The Bertz CT molecular complexity index is 983. The SMILES string of the molecule is Cc1ccc(C)c(CC(=O)N(CCCN(C)C)c2nc3ccc(C)cc3s2)c1.Cl. The molecule has 0 atom stereocenters. The van der Waals surface area contributed by atoms with Gasteiger partial charge >= 0.3 is 0 Å². The minimum atomic E-state index is 0. The van der Waals surface area contributed by atoms with Crippen molar-refractivity contribution < 1.29 is 4.79 Å². The number of thiazole rings is 1. The molecule has 29 heavy (non-hydrogen) atoms. The number of carbonyl (C=O) groups is 1. The topological polar surface area (TPSA) is 36.4 Å². The minimum Gasteiger partial charge on any atom is -0.309 e. The van der Waals surface area contributed by atoms with Gasteiger partial charge in [0.1, 0.15) is 0 Å². The zero-order valence-electron chi connectivity index (χ0n) is 17.9. The highest BCUT2D eigenvalue weighted by atomic mass is 35.5. The van der Waals surface area contributed by atoms with Crippen molar-refractivity contribution in [1.29, 1.82) is 0 Å². The van der Waals surface area contributed by atoms with E-state index in [-0.39, 0.29) is 18.3 Å². The van der Waals surface area contributed by atoms with E-state index in [1.807, 2.05) is 11.0 Å². The van der Waals surface area contributed by atoms with Crippen LogP contribution in [-0.2, 0) is 11.2 Å². The second-order valence-electron chi connectivity index (χ2n) is 7.78. The quantitative estimate of drug-likeness (QED) is 0.517. The Kier molecular flexibility index (Phi) is 8.20. The molecule has 1 amide bonds. The number of anilines is 1. The molecule has 0 radical (unpaired) electrons. The van der Waals surface area contributed by atoms with Crippen LogP contribution < -0.4 is 4.90 Å². The van der Waals surface area contributed by atoms with Crippen LogP contribution in [0.15, 0.2) is 36.4 Å². The van der Waals surface area contributed by atoms with E-state index in [0.717, 1.165) is 39.4 Å². The Balaban J connectivity index is 0.00000300. The van der Waals surface area contributed by atoms with E-state index in [9.17, 15) is 4.79 Å².